The molecule has 2 heterocycles. The maximum Gasteiger partial charge on any atom is 0.333 e. The molecule has 2 amide bonds. The Morgan fingerprint density at radius 2 is 1.33 bits per heavy atom. The van der Waals surface area contributed by atoms with Crippen LogP contribution in [0.2, 0.25) is 0 Å². The van der Waals surface area contributed by atoms with Gasteiger partial charge >= 0.3 is 6.03 Å². The highest BCUT2D eigenvalue weighted by molar-refractivity contribution is 5.99. The van der Waals surface area contributed by atoms with E-state index in [0.29, 0.717) is 11.5 Å². The Bertz CT molecular complexity index is 2540. The molecular formula is C47H45N9O. The molecule has 2 N–H and O–H groups in total. The molecule has 8 rings (SSSR count). The minimum absolute atomic E-state index is 0.324. The number of nitrogens with zero attached hydrogens (tertiary/aromatic N) is 7. The third kappa shape index (κ3) is 6.96. The fourth-order valence-corrected chi connectivity index (χ4v) is 7.88. The first-order valence-corrected chi connectivity index (χ1v) is 19.3. The van der Waals surface area contributed by atoms with Crippen LogP contribution in [0.1, 0.15) is 47.8 Å². The molecule has 0 spiro atoms. The summed E-state index contributed by atoms with van der Waals surface area (Å²) in [6.07, 6.45) is 2.82. The van der Waals surface area contributed by atoms with E-state index in [1.807, 2.05) is 41.1 Å². The number of para-hydroxylation sites is 1. The van der Waals surface area contributed by atoms with Gasteiger partial charge < -0.3 is 5.32 Å². The molecule has 10 nitrogen and oxygen atoms in total. The van der Waals surface area contributed by atoms with Crippen molar-refractivity contribution >= 4 is 22.8 Å². The topological polar surface area (TPSA) is 106 Å². The van der Waals surface area contributed by atoms with Crippen molar-refractivity contribution in [2.75, 3.05) is 19.4 Å². The van der Waals surface area contributed by atoms with Crippen LogP contribution in [-0.2, 0) is 12.0 Å². The van der Waals surface area contributed by atoms with E-state index in [2.05, 4.69) is 150 Å². The van der Waals surface area contributed by atoms with Crippen LogP contribution in [0.5, 0.6) is 0 Å². The highest BCUT2D eigenvalue weighted by atomic mass is 16.2. The molecule has 0 aliphatic carbocycles. The summed E-state index contributed by atoms with van der Waals surface area (Å²) in [6.45, 7) is 4.33. The molecule has 0 atom stereocenters. The molecule has 0 radical (unpaired) electrons. The summed E-state index contributed by atoms with van der Waals surface area (Å²) in [7, 11) is 3.55. The molecule has 0 aliphatic heterocycles. The number of carbonyl (C=O) groups is 1. The van der Waals surface area contributed by atoms with Gasteiger partial charge in [-0.1, -0.05) is 141 Å². The van der Waals surface area contributed by atoms with Gasteiger partial charge in [0.1, 0.15) is 16.9 Å². The van der Waals surface area contributed by atoms with Crippen molar-refractivity contribution in [3.63, 3.8) is 0 Å². The second-order valence-electron chi connectivity index (χ2n) is 14.4. The van der Waals surface area contributed by atoms with Gasteiger partial charge in [0, 0.05) is 31.8 Å². The van der Waals surface area contributed by atoms with E-state index in [0.717, 1.165) is 80.8 Å². The second kappa shape index (κ2) is 16.1. The molecule has 2 aromatic heterocycles. The van der Waals surface area contributed by atoms with Gasteiger partial charge in [0.15, 0.2) is 5.82 Å². The van der Waals surface area contributed by atoms with E-state index in [1.165, 1.54) is 0 Å². The van der Waals surface area contributed by atoms with E-state index >= 15 is 0 Å². The molecule has 6 aromatic carbocycles. The number of aromatic nitrogens is 6. The van der Waals surface area contributed by atoms with Crippen LogP contribution in [0.4, 0.5) is 10.5 Å². The van der Waals surface area contributed by atoms with Crippen LogP contribution >= 0.6 is 0 Å². The zero-order valence-corrected chi connectivity index (χ0v) is 32.6. The number of hydrogen-bond donors (Lipinski definition) is 2. The fraction of sp³-hybridized carbons (Fsp3) is 0.170. The number of carbonyl (C=O) groups excluding carboxylic acids is 1. The number of rotatable bonds is 12. The van der Waals surface area contributed by atoms with Crippen LogP contribution < -0.4 is 10.7 Å². The number of anilines is 1. The van der Waals surface area contributed by atoms with Gasteiger partial charge in [0.05, 0.1) is 11.2 Å². The van der Waals surface area contributed by atoms with E-state index < -0.39 is 5.54 Å². The molecule has 0 saturated carbocycles. The molecule has 0 fully saturated rings. The molecule has 10 heteroatoms. The second-order valence-corrected chi connectivity index (χ2v) is 14.4. The third-order valence-corrected chi connectivity index (χ3v) is 10.4. The Morgan fingerprint density at radius 3 is 1.93 bits per heavy atom. The predicted molar refractivity (Wildman–Crippen MR) is 227 cm³/mol. The highest BCUT2D eigenvalue weighted by Crippen LogP contribution is 2.44. The van der Waals surface area contributed by atoms with Gasteiger partial charge in [-0.25, -0.2) is 19.5 Å². The van der Waals surface area contributed by atoms with Crippen molar-refractivity contribution in [2.24, 2.45) is 0 Å². The van der Waals surface area contributed by atoms with Gasteiger partial charge in [-0.3, -0.25) is 9.99 Å². The van der Waals surface area contributed by atoms with Crippen molar-refractivity contribution in [3.8, 4) is 28.2 Å². The fourth-order valence-electron chi connectivity index (χ4n) is 7.88. The Balaban J connectivity index is 1.27. The molecule has 0 aliphatic rings. The quantitative estimate of drug-likeness (QED) is 0.0952. The van der Waals surface area contributed by atoms with Gasteiger partial charge in [0.25, 0.3) is 0 Å². The van der Waals surface area contributed by atoms with E-state index in [-0.39, 0.29) is 6.03 Å². The summed E-state index contributed by atoms with van der Waals surface area (Å²) in [5.41, 5.74) is 12.4. The normalized spacial score (nSPS) is 11.6. The third-order valence-electron chi connectivity index (χ3n) is 10.4. The molecule has 0 bridgehead atoms. The van der Waals surface area contributed by atoms with Gasteiger partial charge in [0.2, 0.25) is 0 Å². The Labute approximate surface area is 332 Å². The van der Waals surface area contributed by atoms with Crippen LogP contribution in [0, 0.1) is 6.92 Å². The number of urea groups is 1. The highest BCUT2D eigenvalue weighted by Gasteiger charge is 2.42. The first kappa shape index (κ1) is 37.0. The van der Waals surface area contributed by atoms with E-state index in [4.69, 9.17) is 15.3 Å². The lowest BCUT2D eigenvalue weighted by atomic mass is 9.77. The summed E-state index contributed by atoms with van der Waals surface area (Å²) in [5, 5.41) is 18.5. The van der Waals surface area contributed by atoms with Gasteiger partial charge in [-0.05, 0) is 81.4 Å². The van der Waals surface area contributed by atoms with Gasteiger partial charge in [-0.2, -0.15) is 0 Å². The smallest absolute Gasteiger partial charge is 0.305 e. The first-order valence-electron chi connectivity index (χ1n) is 19.3. The number of hydrazine groups is 1. The summed E-state index contributed by atoms with van der Waals surface area (Å²) in [4.78, 5) is 17.8. The number of tetrazole rings is 1. The van der Waals surface area contributed by atoms with Crippen LogP contribution in [0.3, 0.4) is 0 Å². The largest absolute Gasteiger partial charge is 0.333 e. The number of unbranched alkanes of at least 4 members (excludes halogenated alkanes) is 1. The van der Waals surface area contributed by atoms with Crippen molar-refractivity contribution in [2.45, 2.75) is 38.6 Å². The molecule has 0 unspecified atom stereocenters. The maximum atomic E-state index is 12.7. The first-order chi connectivity index (χ1) is 27.9. The van der Waals surface area contributed by atoms with Crippen LogP contribution in [0.25, 0.3) is 39.2 Å². The maximum absolute atomic E-state index is 12.7. The average Bonchev–Trinajstić information content (AvgIpc) is 3.87. The van der Waals surface area contributed by atoms with Crippen molar-refractivity contribution in [3.05, 3.63) is 180 Å². The lowest BCUT2D eigenvalue weighted by molar-refractivity contribution is 0.224. The lowest BCUT2D eigenvalue weighted by Gasteiger charge is -2.36. The number of hydrogen-bond acceptors (Lipinski definition) is 6. The number of benzene rings is 6. The lowest BCUT2D eigenvalue weighted by Crippen LogP contribution is -2.39. The monoisotopic (exact) mass is 751 g/mol. The molecular weight excluding hydrogens is 707 g/mol. The van der Waals surface area contributed by atoms with Crippen molar-refractivity contribution in [1.82, 2.24) is 40.2 Å². The molecule has 8 aromatic rings. The number of amides is 2. The summed E-state index contributed by atoms with van der Waals surface area (Å²) >= 11 is 0. The number of fused-ring (bicyclic) bond motifs is 1. The molecule has 57 heavy (non-hydrogen) atoms. The Hall–Kier alpha value is -6.91. The zero-order valence-electron chi connectivity index (χ0n) is 32.6. The number of nitrogens with one attached hydrogen (secondary N) is 2. The predicted octanol–water partition coefficient (Wildman–Crippen LogP) is 9.44. The molecule has 0 saturated heterocycles. The van der Waals surface area contributed by atoms with Crippen LogP contribution in [0.15, 0.2) is 152 Å². The standard InChI is InChI=1S/C47H45N9O/c1-5-6-29-43-49-44-41(48-46(57)51-54(3)4)27-18-28-42(44)55(43)37-30-31-38(33(2)32-37)39-25-16-17-26-40(39)45-50-52-53-56(45)47(34-19-10-7-11-20-34,35-21-12-8-13-22-35)36-23-14-9-15-24-36/h7-28,30-32H,5-6,29H2,1-4H3,(H2,48,51,57). The van der Waals surface area contributed by atoms with Crippen molar-refractivity contribution < 1.29 is 4.79 Å². The Morgan fingerprint density at radius 1 is 0.719 bits per heavy atom. The minimum Gasteiger partial charge on any atom is -0.305 e. The molecule has 284 valence electrons. The average molecular weight is 752 g/mol. The number of imidazole rings is 1. The Kier molecular flexibility index (Phi) is 10.4. The van der Waals surface area contributed by atoms with E-state index in [9.17, 15) is 4.79 Å². The SMILES string of the molecule is CCCCc1nc2c(NC(=O)NN(C)C)cccc2n1-c1ccc(-c2ccccc2-c2nnnn2C(c2ccccc2)(c2ccccc2)c2ccccc2)c(C)c1. The zero-order chi connectivity index (χ0) is 39.4. The summed E-state index contributed by atoms with van der Waals surface area (Å²) in [6, 6.07) is 51.8. The van der Waals surface area contributed by atoms with Gasteiger partial charge in [-0.15, -0.1) is 5.10 Å². The summed E-state index contributed by atoms with van der Waals surface area (Å²) in [5.74, 6) is 1.59. The summed E-state index contributed by atoms with van der Waals surface area (Å²) < 4.78 is 4.20. The van der Waals surface area contributed by atoms with Crippen LogP contribution in [-0.4, -0.2) is 54.9 Å². The minimum atomic E-state index is -0.882. The van der Waals surface area contributed by atoms with E-state index in [1.54, 1.807) is 19.1 Å². The van der Waals surface area contributed by atoms with Crippen molar-refractivity contribution in [1.29, 1.82) is 0 Å². The number of aryl methyl sites for hydroxylation is 2.